The molecule has 4 nitrogen and oxygen atoms in total. The smallest absolute Gasteiger partial charge is 0.144 e. The van der Waals surface area contributed by atoms with Gasteiger partial charge in [-0.3, -0.25) is 0 Å². The van der Waals surface area contributed by atoms with Crippen LogP contribution >= 0.6 is 0 Å². The molecular weight excluding hydrogens is 238 g/mol. The molecule has 0 radical (unpaired) electrons. The van der Waals surface area contributed by atoms with Crippen LogP contribution in [0.2, 0.25) is 0 Å². The molecular formula is C15H19N3O. The van der Waals surface area contributed by atoms with Gasteiger partial charge in [-0.2, -0.15) is 5.26 Å². The summed E-state index contributed by atoms with van der Waals surface area (Å²) in [6.07, 6.45) is 5.63. The zero-order chi connectivity index (χ0) is 13.1. The van der Waals surface area contributed by atoms with Crippen LogP contribution in [0.1, 0.15) is 36.1 Å². The molecule has 3 rings (SSSR count). The normalized spacial score (nSPS) is 21.7. The second kappa shape index (κ2) is 5.58. The van der Waals surface area contributed by atoms with Crippen molar-refractivity contribution >= 4 is 5.82 Å². The number of fused-ring (bicyclic) bond motifs is 1. The molecule has 0 spiro atoms. The van der Waals surface area contributed by atoms with Gasteiger partial charge in [0.25, 0.3) is 0 Å². The summed E-state index contributed by atoms with van der Waals surface area (Å²) in [5, 5.41) is 12.6. The Balaban J connectivity index is 1.77. The predicted octanol–water partition coefficient (Wildman–Crippen LogP) is 2.28. The molecule has 1 saturated heterocycles. The van der Waals surface area contributed by atoms with Crippen molar-refractivity contribution in [2.75, 3.05) is 25.1 Å². The van der Waals surface area contributed by atoms with Gasteiger partial charge in [-0.05, 0) is 43.7 Å². The number of rotatable bonds is 3. The summed E-state index contributed by atoms with van der Waals surface area (Å²) in [5.74, 6) is 1.31. The van der Waals surface area contributed by atoms with Crippen molar-refractivity contribution in [2.24, 2.45) is 5.92 Å². The zero-order valence-electron chi connectivity index (χ0n) is 11.1. The van der Waals surface area contributed by atoms with Crippen molar-refractivity contribution in [1.82, 2.24) is 4.98 Å². The van der Waals surface area contributed by atoms with E-state index in [-0.39, 0.29) is 0 Å². The number of anilines is 1. The van der Waals surface area contributed by atoms with Crippen molar-refractivity contribution < 1.29 is 4.74 Å². The molecule has 1 aromatic heterocycles. The average Bonchev–Trinajstić information content (AvgIpc) is 2.97. The number of aryl methyl sites for hydroxylation is 2. The first-order valence-electron chi connectivity index (χ1n) is 7.11. The minimum Gasteiger partial charge on any atom is -0.381 e. The summed E-state index contributed by atoms with van der Waals surface area (Å²) in [6, 6.07) is 4.29. The Morgan fingerprint density at radius 3 is 3.11 bits per heavy atom. The van der Waals surface area contributed by atoms with Crippen molar-refractivity contribution in [2.45, 2.75) is 32.1 Å². The number of hydrogen-bond acceptors (Lipinski definition) is 4. The number of hydrogen-bond donors (Lipinski definition) is 1. The Bertz CT molecular complexity index is 501. The summed E-state index contributed by atoms with van der Waals surface area (Å²) in [5.41, 5.74) is 3.12. The second-order valence-corrected chi connectivity index (χ2v) is 5.42. The topological polar surface area (TPSA) is 57.9 Å². The maximum Gasteiger partial charge on any atom is 0.144 e. The highest BCUT2D eigenvalue weighted by molar-refractivity contribution is 5.54. The van der Waals surface area contributed by atoms with E-state index in [1.54, 1.807) is 0 Å². The summed E-state index contributed by atoms with van der Waals surface area (Å²) in [7, 11) is 0. The number of nitrogens with one attached hydrogen (secondary N) is 1. The third kappa shape index (κ3) is 2.71. The molecule has 1 N–H and O–H groups in total. The Morgan fingerprint density at radius 2 is 2.32 bits per heavy atom. The first-order valence-corrected chi connectivity index (χ1v) is 7.11. The fraction of sp³-hybridized carbons (Fsp3) is 0.600. The Labute approximate surface area is 113 Å². The van der Waals surface area contributed by atoms with Crippen LogP contribution in [-0.2, 0) is 17.6 Å². The number of pyridine rings is 1. The number of nitrogens with zero attached hydrogens (tertiary/aromatic N) is 2. The quantitative estimate of drug-likeness (QED) is 0.902. The van der Waals surface area contributed by atoms with Crippen LogP contribution in [0.5, 0.6) is 0 Å². The molecule has 1 aromatic rings. The largest absolute Gasteiger partial charge is 0.381 e. The molecule has 0 saturated carbocycles. The molecule has 1 atom stereocenters. The average molecular weight is 257 g/mol. The third-order valence-corrected chi connectivity index (χ3v) is 4.00. The monoisotopic (exact) mass is 257 g/mol. The van der Waals surface area contributed by atoms with Gasteiger partial charge in [-0.15, -0.1) is 0 Å². The zero-order valence-corrected chi connectivity index (χ0v) is 11.1. The minimum atomic E-state index is 0.546. The van der Waals surface area contributed by atoms with Gasteiger partial charge in [0, 0.05) is 24.8 Å². The molecule has 1 unspecified atom stereocenters. The van der Waals surface area contributed by atoms with Gasteiger partial charge in [-0.1, -0.05) is 0 Å². The van der Waals surface area contributed by atoms with Gasteiger partial charge in [0.05, 0.1) is 12.2 Å². The van der Waals surface area contributed by atoms with Crippen molar-refractivity contribution in [3.05, 3.63) is 22.9 Å². The molecule has 0 bridgehead atoms. The highest BCUT2D eigenvalue weighted by atomic mass is 16.5. The standard InChI is InChI=1S/C15H19N3O/c16-8-13-7-12-3-1-2-4-14(12)18-15(13)17-9-11-5-6-19-10-11/h7,11H,1-6,9-10H2,(H,17,18). The molecule has 100 valence electrons. The van der Waals surface area contributed by atoms with E-state index in [9.17, 15) is 5.26 Å². The predicted molar refractivity (Wildman–Crippen MR) is 73.0 cm³/mol. The van der Waals surface area contributed by atoms with E-state index in [0.717, 1.165) is 44.8 Å². The lowest BCUT2D eigenvalue weighted by molar-refractivity contribution is 0.187. The molecule has 2 heterocycles. The molecule has 1 aliphatic carbocycles. The number of aromatic nitrogens is 1. The van der Waals surface area contributed by atoms with E-state index in [1.165, 1.54) is 24.1 Å². The van der Waals surface area contributed by atoms with Crippen LogP contribution in [-0.4, -0.2) is 24.7 Å². The molecule has 1 fully saturated rings. The molecule has 4 heteroatoms. The van der Waals surface area contributed by atoms with E-state index >= 15 is 0 Å². The van der Waals surface area contributed by atoms with E-state index < -0.39 is 0 Å². The van der Waals surface area contributed by atoms with E-state index in [2.05, 4.69) is 16.4 Å². The second-order valence-electron chi connectivity index (χ2n) is 5.42. The van der Waals surface area contributed by atoms with Gasteiger partial charge in [0.2, 0.25) is 0 Å². The van der Waals surface area contributed by atoms with Gasteiger partial charge in [0.1, 0.15) is 11.9 Å². The van der Waals surface area contributed by atoms with E-state index in [0.29, 0.717) is 11.5 Å². The maximum absolute atomic E-state index is 9.26. The number of nitriles is 1. The third-order valence-electron chi connectivity index (χ3n) is 4.00. The van der Waals surface area contributed by atoms with Gasteiger partial charge in [-0.25, -0.2) is 4.98 Å². The van der Waals surface area contributed by atoms with Crippen LogP contribution in [0, 0.1) is 17.2 Å². The highest BCUT2D eigenvalue weighted by Crippen LogP contribution is 2.24. The maximum atomic E-state index is 9.26. The summed E-state index contributed by atoms with van der Waals surface area (Å²) < 4.78 is 5.37. The van der Waals surface area contributed by atoms with Gasteiger partial charge < -0.3 is 10.1 Å². The van der Waals surface area contributed by atoms with E-state index in [1.807, 2.05) is 6.07 Å². The highest BCUT2D eigenvalue weighted by Gasteiger charge is 2.18. The van der Waals surface area contributed by atoms with Crippen LogP contribution in [0.4, 0.5) is 5.82 Å². The Morgan fingerprint density at radius 1 is 1.42 bits per heavy atom. The lowest BCUT2D eigenvalue weighted by Crippen LogP contribution is -2.17. The first-order chi connectivity index (χ1) is 9.36. The SMILES string of the molecule is N#Cc1cc2c(nc1NCC1CCOC1)CCCC2. The summed E-state index contributed by atoms with van der Waals surface area (Å²) in [4.78, 5) is 4.67. The summed E-state index contributed by atoms with van der Waals surface area (Å²) >= 11 is 0. The molecule has 0 amide bonds. The van der Waals surface area contributed by atoms with Crippen molar-refractivity contribution in [1.29, 1.82) is 5.26 Å². The fourth-order valence-electron chi connectivity index (χ4n) is 2.84. The lowest BCUT2D eigenvalue weighted by atomic mass is 9.95. The molecule has 19 heavy (non-hydrogen) atoms. The number of ether oxygens (including phenoxy) is 1. The molecule has 1 aliphatic heterocycles. The lowest BCUT2D eigenvalue weighted by Gasteiger charge is -2.18. The van der Waals surface area contributed by atoms with Crippen LogP contribution in [0.3, 0.4) is 0 Å². The Kier molecular flexibility index (Phi) is 3.65. The summed E-state index contributed by atoms with van der Waals surface area (Å²) in [6.45, 7) is 2.52. The van der Waals surface area contributed by atoms with Gasteiger partial charge in [0.15, 0.2) is 0 Å². The van der Waals surface area contributed by atoms with Crippen molar-refractivity contribution in [3.63, 3.8) is 0 Å². The first kappa shape index (κ1) is 12.4. The Hall–Kier alpha value is -1.60. The van der Waals surface area contributed by atoms with Crippen LogP contribution in [0.25, 0.3) is 0 Å². The fourth-order valence-corrected chi connectivity index (χ4v) is 2.84. The molecule has 2 aliphatic rings. The molecule has 0 aromatic carbocycles. The van der Waals surface area contributed by atoms with Crippen molar-refractivity contribution in [3.8, 4) is 6.07 Å². The van der Waals surface area contributed by atoms with Gasteiger partial charge >= 0.3 is 0 Å². The van der Waals surface area contributed by atoms with Crippen LogP contribution in [0.15, 0.2) is 6.07 Å². The van der Waals surface area contributed by atoms with Crippen LogP contribution < -0.4 is 5.32 Å². The van der Waals surface area contributed by atoms with E-state index in [4.69, 9.17) is 4.74 Å². The minimum absolute atomic E-state index is 0.546.